The van der Waals surface area contributed by atoms with Gasteiger partial charge in [0.15, 0.2) is 0 Å². The normalized spacial score (nSPS) is 31.5. The van der Waals surface area contributed by atoms with Crippen molar-refractivity contribution in [3.8, 4) is 0 Å². The van der Waals surface area contributed by atoms with Gasteiger partial charge in [0.05, 0.1) is 0 Å². The second-order valence-corrected chi connectivity index (χ2v) is 5.25. The van der Waals surface area contributed by atoms with Gasteiger partial charge >= 0.3 is 0 Å². The minimum absolute atomic E-state index is 1.04. The molecule has 0 nitrogen and oxygen atoms in total. The van der Waals surface area contributed by atoms with Crippen LogP contribution in [0.2, 0.25) is 0 Å². The summed E-state index contributed by atoms with van der Waals surface area (Å²) in [4.78, 5) is 0. The minimum Gasteiger partial charge on any atom is -0.0654 e. The third kappa shape index (κ3) is 3.29. The van der Waals surface area contributed by atoms with Crippen LogP contribution in [0.4, 0.5) is 0 Å². The summed E-state index contributed by atoms with van der Waals surface area (Å²) in [6, 6.07) is 0. The van der Waals surface area contributed by atoms with Gasteiger partial charge in [-0.05, 0) is 24.2 Å². The van der Waals surface area contributed by atoms with Gasteiger partial charge in [-0.25, -0.2) is 0 Å². The zero-order chi connectivity index (χ0) is 10.4. The lowest BCUT2D eigenvalue weighted by atomic mass is 9.62. The summed E-state index contributed by atoms with van der Waals surface area (Å²) >= 11 is 0. The molecule has 0 amide bonds. The van der Waals surface area contributed by atoms with Crippen molar-refractivity contribution in [2.45, 2.75) is 72.1 Å². The molecule has 0 aliphatic heterocycles. The average molecular weight is 196 g/mol. The van der Waals surface area contributed by atoms with Crippen LogP contribution in [0.5, 0.6) is 0 Å². The quantitative estimate of drug-likeness (QED) is 0.501. The van der Waals surface area contributed by atoms with Crippen molar-refractivity contribution in [3.63, 3.8) is 0 Å². The molecule has 1 rings (SSSR count). The molecule has 84 valence electrons. The highest BCUT2D eigenvalue weighted by atomic mass is 14.4. The molecular formula is C14H28. The molecule has 0 aromatic rings. The smallest absolute Gasteiger partial charge is 0.0383 e. The summed E-state index contributed by atoms with van der Waals surface area (Å²) in [5.74, 6) is 3.20. The van der Waals surface area contributed by atoms with Crippen LogP contribution in [0, 0.1) is 17.8 Å². The van der Waals surface area contributed by atoms with Crippen LogP contribution in [-0.2, 0) is 0 Å². The van der Waals surface area contributed by atoms with Crippen LogP contribution >= 0.6 is 0 Å². The number of hydrogen-bond donors (Lipinski definition) is 0. The number of hydrogen-bond acceptors (Lipinski definition) is 0. The van der Waals surface area contributed by atoms with E-state index in [9.17, 15) is 0 Å². The van der Waals surface area contributed by atoms with Gasteiger partial charge in [0.1, 0.15) is 0 Å². The van der Waals surface area contributed by atoms with Crippen molar-refractivity contribution < 1.29 is 0 Å². The number of unbranched alkanes of at least 4 members (excludes halogenated alkanes) is 3. The van der Waals surface area contributed by atoms with E-state index in [-0.39, 0.29) is 0 Å². The molecule has 0 aromatic heterocycles. The van der Waals surface area contributed by atoms with Gasteiger partial charge in [0.2, 0.25) is 0 Å². The first kappa shape index (κ1) is 12.1. The Kier molecular flexibility index (Phi) is 5.59. The van der Waals surface area contributed by atoms with Crippen LogP contribution in [0.3, 0.4) is 0 Å². The Morgan fingerprint density at radius 3 is 2.14 bits per heavy atom. The predicted molar refractivity (Wildman–Crippen MR) is 64.4 cm³/mol. The molecule has 0 N–H and O–H groups in total. The van der Waals surface area contributed by atoms with E-state index in [0.717, 1.165) is 17.8 Å². The topological polar surface area (TPSA) is 0 Å². The van der Waals surface area contributed by atoms with Gasteiger partial charge < -0.3 is 0 Å². The van der Waals surface area contributed by atoms with E-state index >= 15 is 0 Å². The van der Waals surface area contributed by atoms with E-state index in [0.29, 0.717) is 0 Å². The molecule has 3 unspecified atom stereocenters. The Balaban J connectivity index is 2.00. The van der Waals surface area contributed by atoms with E-state index in [2.05, 4.69) is 20.8 Å². The van der Waals surface area contributed by atoms with Crippen LogP contribution < -0.4 is 0 Å². The second-order valence-electron chi connectivity index (χ2n) is 5.25. The lowest BCUT2D eigenvalue weighted by molar-refractivity contribution is 0.0699. The van der Waals surface area contributed by atoms with Crippen molar-refractivity contribution in [2.24, 2.45) is 17.8 Å². The highest BCUT2D eigenvalue weighted by Gasteiger charge is 2.35. The molecule has 1 aliphatic carbocycles. The Bertz CT molecular complexity index is 139. The molecule has 0 spiro atoms. The largest absolute Gasteiger partial charge is 0.0654 e. The fraction of sp³-hybridized carbons (Fsp3) is 1.00. The lowest BCUT2D eigenvalue weighted by Crippen LogP contribution is -2.34. The number of rotatable bonds is 7. The Morgan fingerprint density at radius 2 is 1.57 bits per heavy atom. The van der Waals surface area contributed by atoms with E-state index in [1.807, 2.05) is 0 Å². The van der Waals surface area contributed by atoms with Gasteiger partial charge in [0, 0.05) is 0 Å². The first-order chi connectivity index (χ1) is 6.79. The van der Waals surface area contributed by atoms with E-state index < -0.39 is 0 Å². The third-order valence-electron chi connectivity index (χ3n) is 4.18. The third-order valence-corrected chi connectivity index (χ3v) is 4.18. The van der Waals surface area contributed by atoms with Crippen LogP contribution in [0.25, 0.3) is 0 Å². The molecule has 0 bridgehead atoms. The Morgan fingerprint density at radius 1 is 0.857 bits per heavy atom. The molecule has 3 atom stereocenters. The maximum absolute atomic E-state index is 2.48. The van der Waals surface area contributed by atoms with Gasteiger partial charge in [-0.2, -0.15) is 0 Å². The standard InChI is InChI=1S/C14H28/c1-4-6-7-8-10-14-11-13(9-5-2)12(14)3/h12-14H,4-11H2,1-3H3. The molecule has 0 aromatic carbocycles. The SMILES string of the molecule is CCCCCCC1CC(CCC)C1C. The summed E-state index contributed by atoms with van der Waals surface area (Å²) in [5.41, 5.74) is 0. The first-order valence-corrected chi connectivity index (χ1v) is 6.79. The van der Waals surface area contributed by atoms with Crippen LogP contribution in [0.15, 0.2) is 0 Å². The summed E-state index contributed by atoms with van der Waals surface area (Å²) < 4.78 is 0. The van der Waals surface area contributed by atoms with Crippen molar-refractivity contribution in [1.29, 1.82) is 0 Å². The molecule has 14 heavy (non-hydrogen) atoms. The molecule has 0 saturated heterocycles. The maximum Gasteiger partial charge on any atom is -0.0383 e. The van der Waals surface area contributed by atoms with Gasteiger partial charge in [0.25, 0.3) is 0 Å². The van der Waals surface area contributed by atoms with E-state index in [1.54, 1.807) is 6.42 Å². The van der Waals surface area contributed by atoms with Gasteiger partial charge in [-0.1, -0.05) is 65.7 Å². The Labute approximate surface area is 90.5 Å². The van der Waals surface area contributed by atoms with Gasteiger partial charge in [-0.15, -0.1) is 0 Å². The predicted octanol–water partition coefficient (Wildman–Crippen LogP) is 5.03. The van der Waals surface area contributed by atoms with Crippen molar-refractivity contribution in [3.05, 3.63) is 0 Å². The molecule has 0 radical (unpaired) electrons. The van der Waals surface area contributed by atoms with Crippen molar-refractivity contribution >= 4 is 0 Å². The van der Waals surface area contributed by atoms with E-state index in [1.165, 1.54) is 44.9 Å². The summed E-state index contributed by atoms with van der Waals surface area (Å²) in [7, 11) is 0. The molecule has 1 aliphatic rings. The molecular weight excluding hydrogens is 168 g/mol. The fourth-order valence-corrected chi connectivity index (χ4v) is 2.97. The maximum atomic E-state index is 2.48. The summed E-state index contributed by atoms with van der Waals surface area (Å²) in [6.07, 6.45) is 11.7. The van der Waals surface area contributed by atoms with Crippen molar-refractivity contribution in [2.75, 3.05) is 0 Å². The lowest BCUT2D eigenvalue weighted by Gasteiger charge is -2.43. The minimum atomic E-state index is 1.04. The first-order valence-electron chi connectivity index (χ1n) is 6.79. The monoisotopic (exact) mass is 196 g/mol. The molecule has 0 heterocycles. The zero-order valence-electron chi connectivity index (χ0n) is 10.4. The molecule has 1 saturated carbocycles. The van der Waals surface area contributed by atoms with Crippen LogP contribution in [-0.4, -0.2) is 0 Å². The second kappa shape index (κ2) is 6.48. The summed E-state index contributed by atoms with van der Waals surface area (Å²) in [5, 5.41) is 0. The highest BCUT2D eigenvalue weighted by Crippen LogP contribution is 2.45. The van der Waals surface area contributed by atoms with Crippen LogP contribution in [0.1, 0.15) is 72.1 Å². The van der Waals surface area contributed by atoms with Gasteiger partial charge in [-0.3, -0.25) is 0 Å². The highest BCUT2D eigenvalue weighted by molar-refractivity contribution is 4.85. The van der Waals surface area contributed by atoms with Crippen molar-refractivity contribution in [1.82, 2.24) is 0 Å². The summed E-state index contributed by atoms with van der Waals surface area (Å²) in [6.45, 7) is 7.10. The average Bonchev–Trinajstić information content (AvgIpc) is 2.20. The fourth-order valence-electron chi connectivity index (χ4n) is 2.97. The Hall–Kier alpha value is 0. The molecule has 0 heteroatoms. The zero-order valence-corrected chi connectivity index (χ0v) is 10.4. The van der Waals surface area contributed by atoms with E-state index in [4.69, 9.17) is 0 Å². The molecule has 1 fully saturated rings.